The zero-order chi connectivity index (χ0) is 77.0. The molecule has 0 fully saturated rings. The highest BCUT2D eigenvalue weighted by Crippen LogP contribution is 2.49. The van der Waals surface area contributed by atoms with Crippen molar-refractivity contribution in [2.45, 2.75) is 0 Å². The summed E-state index contributed by atoms with van der Waals surface area (Å²) < 4.78 is 2.25. The number of hydrogen-bond donors (Lipinski definition) is 2. The second kappa shape index (κ2) is 30.3. The fraction of sp³-hybridized carbons (Fsp3) is 0. The standard InChI is InChI=1S/C70H44.C30H21BO2.C10H6Br2/c1-3-15-45(16-4-1)47-27-29-51-41-55(35-31-49(51)39-47)67-59-19-7-11-23-63(59)69(64-24-12-8-20-60(64)67)57-37-33-54-44-58(38-34-53(54)43-57)70-65-25-13-9-21-61(65)68(62-22-10-14-26-66(62)70)56-36-32-50-40-48(28-30-52(50)42-56)46-17-5-2-6-18-46;32-31(33)30-27-12-6-4-10-25(27)29(26-11-5-7-13-28(26)30)24-17-16-22-18-21(14-15-23(22)19-24)20-8-2-1-3-9-20;11-9-3-1-7-5-10(12)4-2-8(7)6-9/h1-44H;1-19,32-33H;1-6H. The van der Waals surface area contributed by atoms with E-state index in [0.717, 1.165) is 41.6 Å². The average Bonchev–Trinajstić information content (AvgIpc) is 0.760. The van der Waals surface area contributed by atoms with E-state index in [1.165, 1.54) is 175 Å². The minimum atomic E-state index is -1.54. The van der Waals surface area contributed by atoms with Crippen LogP contribution < -0.4 is 5.46 Å². The molecule has 0 bridgehead atoms. The van der Waals surface area contributed by atoms with Crippen molar-refractivity contribution in [2.75, 3.05) is 0 Å². The van der Waals surface area contributed by atoms with Gasteiger partial charge in [0.05, 0.1) is 0 Å². The van der Waals surface area contributed by atoms with Crippen molar-refractivity contribution in [2.24, 2.45) is 0 Å². The maximum atomic E-state index is 10.2. The molecule has 0 aliphatic heterocycles. The SMILES string of the molecule is Brc1ccc2cc(Br)ccc2c1.OB(O)c1c2ccccc2c(-c2ccc3cc(-c4ccccc4)ccc3c2)c2ccccc12.c1ccc(-c2ccc3cc(-c4c5ccccc5c(-c5ccc6cc(-c7c8ccccc8c(-c8ccc9cc(-c%10ccccc%10)ccc9c8)c8ccccc78)ccc6c5)c5ccccc45)ccc3c2)cc1. The van der Waals surface area contributed by atoms with Crippen molar-refractivity contribution in [3.05, 3.63) is 428 Å². The summed E-state index contributed by atoms with van der Waals surface area (Å²) in [5.74, 6) is 0. The van der Waals surface area contributed by atoms with Gasteiger partial charge >= 0.3 is 7.12 Å². The van der Waals surface area contributed by atoms with E-state index in [1.807, 2.05) is 42.5 Å². The Labute approximate surface area is 684 Å². The van der Waals surface area contributed by atoms with Gasteiger partial charge < -0.3 is 10.0 Å². The second-order valence-corrected chi connectivity index (χ2v) is 31.6. The lowest BCUT2D eigenvalue weighted by atomic mass is 9.72. The summed E-state index contributed by atoms with van der Waals surface area (Å²) in [4.78, 5) is 0. The molecule has 0 saturated carbocycles. The summed E-state index contributed by atoms with van der Waals surface area (Å²) in [7, 11) is -1.54. The quantitative estimate of drug-likeness (QED) is 0.112. The first-order valence-electron chi connectivity index (χ1n) is 39.0. The number of hydrogen-bond acceptors (Lipinski definition) is 2. The zero-order valence-electron chi connectivity index (χ0n) is 62.6. The molecule has 22 aromatic rings. The summed E-state index contributed by atoms with van der Waals surface area (Å²) in [6.07, 6.45) is 0. The highest BCUT2D eigenvalue weighted by molar-refractivity contribution is 9.10. The van der Waals surface area contributed by atoms with E-state index in [0.29, 0.717) is 5.46 Å². The van der Waals surface area contributed by atoms with Crippen LogP contribution >= 0.6 is 31.9 Å². The van der Waals surface area contributed by atoms with Crippen LogP contribution in [-0.2, 0) is 0 Å². The third-order valence-corrected chi connectivity index (χ3v) is 24.0. The number of rotatable bonds is 9. The molecule has 0 amide bonds. The molecular formula is C110H71BBr2O2. The lowest BCUT2D eigenvalue weighted by molar-refractivity contribution is 0.426. The molecule has 0 saturated heterocycles. The minimum absolute atomic E-state index is 0.554. The molecule has 0 spiro atoms. The topological polar surface area (TPSA) is 40.5 Å². The average molecular weight is 1600 g/mol. The lowest BCUT2D eigenvalue weighted by Crippen LogP contribution is -2.31. The van der Waals surface area contributed by atoms with Gasteiger partial charge in [-0.3, -0.25) is 0 Å². The molecule has 115 heavy (non-hydrogen) atoms. The molecule has 540 valence electrons. The largest absolute Gasteiger partial charge is 0.489 e. The Bertz CT molecular complexity index is 7090. The third kappa shape index (κ3) is 13.4. The number of benzene rings is 22. The molecule has 5 heteroatoms. The van der Waals surface area contributed by atoms with Crippen molar-refractivity contribution in [3.63, 3.8) is 0 Å². The normalized spacial score (nSPS) is 11.5. The zero-order valence-corrected chi connectivity index (χ0v) is 65.7. The van der Waals surface area contributed by atoms with Crippen molar-refractivity contribution < 1.29 is 10.0 Å². The van der Waals surface area contributed by atoms with Crippen LogP contribution in [0, 0.1) is 0 Å². The van der Waals surface area contributed by atoms with Gasteiger partial charge in [-0.25, -0.2) is 0 Å². The van der Waals surface area contributed by atoms with Crippen LogP contribution in [0.1, 0.15) is 0 Å². The van der Waals surface area contributed by atoms with Gasteiger partial charge in [-0.2, -0.15) is 0 Å². The van der Waals surface area contributed by atoms with E-state index >= 15 is 0 Å². The maximum Gasteiger partial charge on any atom is 0.489 e. The van der Waals surface area contributed by atoms with Crippen LogP contribution in [0.4, 0.5) is 0 Å². The van der Waals surface area contributed by atoms with E-state index in [-0.39, 0.29) is 0 Å². The minimum Gasteiger partial charge on any atom is -0.423 e. The Balaban J connectivity index is 0.000000155. The molecule has 2 N–H and O–H groups in total. The van der Waals surface area contributed by atoms with Gasteiger partial charge in [0.2, 0.25) is 0 Å². The van der Waals surface area contributed by atoms with Crippen molar-refractivity contribution in [1.29, 1.82) is 0 Å². The predicted molar refractivity (Wildman–Crippen MR) is 501 cm³/mol. The molecule has 0 unspecified atom stereocenters. The van der Waals surface area contributed by atoms with Gasteiger partial charge in [-0.15, -0.1) is 0 Å². The van der Waals surface area contributed by atoms with Crippen molar-refractivity contribution in [1.82, 2.24) is 0 Å². The molecule has 0 radical (unpaired) electrons. The van der Waals surface area contributed by atoms with Gasteiger partial charge in [0, 0.05) is 8.95 Å². The van der Waals surface area contributed by atoms with E-state index in [9.17, 15) is 10.0 Å². The van der Waals surface area contributed by atoms with E-state index in [1.54, 1.807) is 0 Å². The van der Waals surface area contributed by atoms with Crippen LogP contribution in [0.25, 0.3) is 208 Å². The monoisotopic (exact) mass is 1590 g/mol. The molecule has 0 atom stereocenters. The van der Waals surface area contributed by atoms with Gasteiger partial charge in [0.15, 0.2) is 0 Å². The number of halogens is 2. The molecular weight excluding hydrogens is 1520 g/mol. The van der Waals surface area contributed by atoms with Gasteiger partial charge in [-0.05, 0) is 286 Å². The van der Waals surface area contributed by atoms with Crippen LogP contribution in [0.15, 0.2) is 428 Å². The molecule has 0 aliphatic carbocycles. The first-order valence-corrected chi connectivity index (χ1v) is 40.6. The Hall–Kier alpha value is -13.4. The van der Waals surface area contributed by atoms with Crippen molar-refractivity contribution >= 4 is 163 Å². The summed E-state index contributed by atoms with van der Waals surface area (Å²) in [5.41, 5.74) is 20.1. The Morgan fingerprint density at radius 3 is 0.530 bits per heavy atom. The molecule has 2 nitrogen and oxygen atoms in total. The van der Waals surface area contributed by atoms with Gasteiger partial charge in [0.25, 0.3) is 0 Å². The Kier molecular flexibility index (Phi) is 18.6. The third-order valence-electron chi connectivity index (χ3n) is 23.0. The van der Waals surface area contributed by atoms with Crippen molar-refractivity contribution in [3.8, 4) is 89.0 Å². The first-order chi connectivity index (χ1) is 56.7. The van der Waals surface area contributed by atoms with E-state index < -0.39 is 7.12 Å². The molecule has 22 aromatic carbocycles. The summed E-state index contributed by atoms with van der Waals surface area (Å²) in [5, 5.41) is 46.5. The Morgan fingerprint density at radius 1 is 0.148 bits per heavy atom. The molecule has 0 aromatic heterocycles. The fourth-order valence-electron chi connectivity index (χ4n) is 17.6. The molecule has 22 rings (SSSR count). The molecule has 0 aliphatic rings. The predicted octanol–water partition coefficient (Wildman–Crippen LogP) is 30.3. The highest BCUT2D eigenvalue weighted by Gasteiger charge is 2.24. The highest BCUT2D eigenvalue weighted by atomic mass is 79.9. The fourth-order valence-corrected chi connectivity index (χ4v) is 18.4. The molecule has 0 heterocycles. The van der Waals surface area contributed by atoms with Gasteiger partial charge in [-0.1, -0.05) is 378 Å². The van der Waals surface area contributed by atoms with Crippen LogP contribution in [-0.4, -0.2) is 17.2 Å². The summed E-state index contributed by atoms with van der Waals surface area (Å²) >= 11 is 6.88. The van der Waals surface area contributed by atoms with Crippen LogP contribution in [0.2, 0.25) is 0 Å². The second-order valence-electron chi connectivity index (χ2n) is 29.8. The van der Waals surface area contributed by atoms with Gasteiger partial charge in [0.1, 0.15) is 0 Å². The smallest absolute Gasteiger partial charge is 0.423 e. The summed E-state index contributed by atoms with van der Waals surface area (Å²) in [6.45, 7) is 0. The Morgan fingerprint density at radius 2 is 0.313 bits per heavy atom. The van der Waals surface area contributed by atoms with E-state index in [4.69, 9.17) is 0 Å². The first kappa shape index (κ1) is 70.7. The number of fused-ring (bicyclic) bond motifs is 11. The van der Waals surface area contributed by atoms with Crippen LogP contribution in [0.3, 0.4) is 0 Å². The maximum absolute atomic E-state index is 10.2. The lowest BCUT2D eigenvalue weighted by Gasteiger charge is -2.19. The summed E-state index contributed by atoms with van der Waals surface area (Å²) in [6, 6.07) is 151. The van der Waals surface area contributed by atoms with E-state index in [2.05, 4.69) is 408 Å². The van der Waals surface area contributed by atoms with Crippen LogP contribution in [0.5, 0.6) is 0 Å².